The average Bonchev–Trinajstić information content (AvgIpc) is 3.28. The fourth-order valence-corrected chi connectivity index (χ4v) is 4.13. The Kier molecular flexibility index (Phi) is 8.15. The van der Waals surface area contributed by atoms with E-state index in [2.05, 4.69) is 46.5 Å². The van der Waals surface area contributed by atoms with Crippen molar-refractivity contribution in [2.24, 2.45) is 0 Å². The third kappa shape index (κ3) is 6.71. The third-order valence-corrected chi connectivity index (χ3v) is 6.72. The molecule has 2 N–H and O–H groups in total. The smallest absolute Gasteiger partial charge is 0.278 e. The Morgan fingerprint density at radius 3 is 2.77 bits per heavy atom. The number of nitrogens with one attached hydrogen (secondary N) is 2. The maximum atomic E-state index is 12.6. The number of hydrogen-bond acceptors (Lipinski definition) is 9. The van der Waals surface area contributed by atoms with E-state index in [1.807, 2.05) is 26.2 Å². The molecule has 0 unspecified atom stereocenters. The van der Waals surface area contributed by atoms with Crippen LogP contribution in [0.2, 0.25) is 5.02 Å². The molecule has 39 heavy (non-hydrogen) atoms. The predicted molar refractivity (Wildman–Crippen MR) is 148 cm³/mol. The summed E-state index contributed by atoms with van der Waals surface area (Å²) < 4.78 is 1.71. The lowest BCUT2D eigenvalue weighted by Gasteiger charge is -2.27. The zero-order valence-corrected chi connectivity index (χ0v) is 23.0. The van der Waals surface area contributed by atoms with E-state index in [0.717, 1.165) is 10.2 Å². The van der Waals surface area contributed by atoms with E-state index in [4.69, 9.17) is 16.9 Å². The van der Waals surface area contributed by atoms with Gasteiger partial charge in [-0.3, -0.25) is 4.79 Å². The summed E-state index contributed by atoms with van der Waals surface area (Å²) in [7, 11) is 3.67. The van der Waals surface area contributed by atoms with Gasteiger partial charge < -0.3 is 15.1 Å². The number of fused-ring (bicyclic) bond motifs is 1. The molecule has 0 atom stereocenters. The van der Waals surface area contributed by atoms with Crippen LogP contribution < -0.4 is 10.6 Å². The Labute approximate surface area is 235 Å². The van der Waals surface area contributed by atoms with Gasteiger partial charge in [-0.05, 0) is 50.9 Å². The zero-order valence-electron chi connectivity index (χ0n) is 20.7. The highest BCUT2D eigenvalue weighted by Crippen LogP contribution is 2.29. The van der Waals surface area contributed by atoms with Crippen molar-refractivity contribution in [3.63, 3.8) is 0 Å². The van der Waals surface area contributed by atoms with Gasteiger partial charge in [-0.2, -0.15) is 5.26 Å². The molecule has 0 aliphatic rings. The molecule has 0 fully saturated rings. The van der Waals surface area contributed by atoms with E-state index in [1.165, 1.54) is 24.8 Å². The first-order valence-electron chi connectivity index (χ1n) is 11.3. The molecule has 15 heteroatoms. The number of nitriles is 1. The summed E-state index contributed by atoms with van der Waals surface area (Å²) >= 11 is 9.55. The van der Waals surface area contributed by atoms with Gasteiger partial charge in [0.25, 0.3) is 5.82 Å². The summed E-state index contributed by atoms with van der Waals surface area (Å²) in [5.74, 6) is 0.114. The van der Waals surface area contributed by atoms with Gasteiger partial charge in [0, 0.05) is 21.6 Å². The van der Waals surface area contributed by atoms with Crippen LogP contribution in [0.4, 0.5) is 17.3 Å². The first-order valence-corrected chi connectivity index (χ1v) is 12.5. The van der Waals surface area contributed by atoms with Crippen molar-refractivity contribution in [3.05, 3.63) is 86.3 Å². The number of quaternary nitrogens is 1. The summed E-state index contributed by atoms with van der Waals surface area (Å²) in [5.41, 5.74) is 1.58. The number of nitro groups is 1. The minimum Gasteiger partial charge on any atom is -0.340 e. The number of pyridine rings is 1. The van der Waals surface area contributed by atoms with Gasteiger partial charge >= 0.3 is 0 Å². The fourth-order valence-electron chi connectivity index (χ4n) is 3.70. The molecule has 0 saturated heterocycles. The van der Waals surface area contributed by atoms with Crippen molar-refractivity contribution >= 4 is 61.7 Å². The Morgan fingerprint density at radius 1 is 1.26 bits per heavy atom. The molecule has 0 bridgehead atoms. The minimum absolute atomic E-state index is 0.215. The molecule has 1 aromatic carbocycles. The Morgan fingerprint density at radius 2 is 2.05 bits per heavy atom. The molecule has 0 spiro atoms. The molecule has 13 nitrogen and oxygen atoms in total. The molecule has 4 rings (SSSR count). The number of carbonyl (C=O) groups is 1. The van der Waals surface area contributed by atoms with Crippen LogP contribution in [-0.2, 0) is 11.3 Å². The molecular weight excluding hydrogens is 592 g/mol. The Hall–Kier alpha value is -4.45. The second-order valence-electron chi connectivity index (χ2n) is 8.97. The van der Waals surface area contributed by atoms with Crippen LogP contribution in [0, 0.1) is 21.4 Å². The largest absolute Gasteiger partial charge is 0.340 e. The number of anilines is 3. The van der Waals surface area contributed by atoms with Gasteiger partial charge in [-0.25, -0.2) is 30.1 Å². The number of rotatable bonds is 9. The number of imidazole rings is 1. The van der Waals surface area contributed by atoms with Gasteiger partial charge in [-0.1, -0.05) is 11.6 Å². The molecule has 3 heterocycles. The number of hydrogen-bond donors (Lipinski definition) is 2. The lowest BCUT2D eigenvalue weighted by molar-refractivity contribution is -0.899. The standard InChI is InChI=1S/C24H20BrClN10O3/c1-36(2,13-16-11-29-22(10-27)34(16)35(38)39)7-3-4-23(37)33-21-9-17-20(12-28-21)30-14-31-24(17)32-15-5-6-18(25)19(26)8-15/h3-6,8-9,11-12,14H,7,13H2,1-2H3,(H-,28,30,31,32,33,37)/p+1/b4-3+. The first kappa shape index (κ1) is 27.6. The lowest BCUT2D eigenvalue weighted by atomic mass is 10.2. The second kappa shape index (κ2) is 11.5. The highest BCUT2D eigenvalue weighted by Gasteiger charge is 2.25. The lowest BCUT2D eigenvalue weighted by Crippen LogP contribution is -2.40. The zero-order chi connectivity index (χ0) is 28.2. The van der Waals surface area contributed by atoms with E-state index >= 15 is 0 Å². The Bertz CT molecular complexity index is 1650. The number of amides is 1. The van der Waals surface area contributed by atoms with E-state index in [9.17, 15) is 14.9 Å². The fraction of sp³-hybridized carbons (Fsp3) is 0.167. The summed E-state index contributed by atoms with van der Waals surface area (Å²) in [5, 5.41) is 26.8. The maximum absolute atomic E-state index is 12.6. The van der Waals surface area contributed by atoms with E-state index in [-0.39, 0.29) is 22.5 Å². The summed E-state index contributed by atoms with van der Waals surface area (Å²) in [4.78, 5) is 40.5. The average molecular weight is 613 g/mol. The number of likely N-dealkylation sites (N-methyl/N-ethyl adjacent to an activating group) is 1. The molecule has 0 radical (unpaired) electrons. The predicted octanol–water partition coefficient (Wildman–Crippen LogP) is 4.06. The molecular formula is C24H21BrClN10O3+. The van der Waals surface area contributed by atoms with Crippen molar-refractivity contribution in [3.8, 4) is 6.07 Å². The number of benzene rings is 1. The number of aromatic nitrogens is 5. The molecule has 0 aliphatic heterocycles. The van der Waals surface area contributed by atoms with Crippen molar-refractivity contribution < 1.29 is 14.3 Å². The van der Waals surface area contributed by atoms with Gasteiger partial charge in [0.05, 0.1) is 43.6 Å². The molecule has 4 aromatic rings. The topological polar surface area (TPSA) is 165 Å². The quantitative estimate of drug-likeness (QED) is 0.123. The summed E-state index contributed by atoms with van der Waals surface area (Å²) in [6.45, 7) is 0.591. The van der Waals surface area contributed by atoms with Gasteiger partial charge in [0.15, 0.2) is 10.7 Å². The van der Waals surface area contributed by atoms with Crippen LogP contribution in [0.15, 0.2) is 59.6 Å². The van der Waals surface area contributed by atoms with Gasteiger partial charge in [0.2, 0.25) is 5.91 Å². The summed E-state index contributed by atoms with van der Waals surface area (Å²) in [6.07, 6.45) is 7.27. The van der Waals surface area contributed by atoms with E-state index in [0.29, 0.717) is 38.8 Å². The highest BCUT2D eigenvalue weighted by atomic mass is 79.9. The Balaban J connectivity index is 1.43. The van der Waals surface area contributed by atoms with Gasteiger partial charge in [0.1, 0.15) is 30.6 Å². The van der Waals surface area contributed by atoms with Crippen molar-refractivity contribution in [1.82, 2.24) is 24.6 Å². The van der Waals surface area contributed by atoms with Crippen molar-refractivity contribution in [2.75, 3.05) is 31.3 Å². The van der Waals surface area contributed by atoms with E-state index < -0.39 is 10.9 Å². The third-order valence-electron chi connectivity index (χ3n) is 5.49. The number of halogens is 2. The van der Waals surface area contributed by atoms with Crippen molar-refractivity contribution in [2.45, 2.75) is 6.54 Å². The van der Waals surface area contributed by atoms with Crippen LogP contribution in [0.5, 0.6) is 0 Å². The highest BCUT2D eigenvalue weighted by molar-refractivity contribution is 9.10. The van der Waals surface area contributed by atoms with Crippen LogP contribution in [-0.4, -0.2) is 60.7 Å². The van der Waals surface area contributed by atoms with Gasteiger partial charge in [-0.15, -0.1) is 0 Å². The monoisotopic (exact) mass is 611 g/mol. The maximum Gasteiger partial charge on any atom is 0.278 e. The van der Waals surface area contributed by atoms with Crippen LogP contribution >= 0.6 is 27.5 Å². The van der Waals surface area contributed by atoms with E-state index in [1.54, 1.807) is 24.3 Å². The molecule has 1 amide bonds. The summed E-state index contributed by atoms with van der Waals surface area (Å²) in [6, 6.07) is 8.77. The SMILES string of the molecule is C[N+](C)(C/C=C/C(=O)Nc1cc2c(Nc3ccc(Br)c(Cl)c3)ncnc2cn1)Cc1cnc(C#N)n1[N+](=O)[O-]. The molecule has 0 saturated carbocycles. The normalized spacial score (nSPS) is 11.5. The van der Waals surface area contributed by atoms with Crippen LogP contribution in [0.25, 0.3) is 10.9 Å². The van der Waals surface area contributed by atoms with Crippen molar-refractivity contribution in [1.29, 1.82) is 5.26 Å². The minimum atomic E-state index is -0.680. The van der Waals surface area contributed by atoms with Crippen LogP contribution in [0.3, 0.4) is 0 Å². The molecule has 198 valence electrons. The first-order chi connectivity index (χ1) is 18.6. The van der Waals surface area contributed by atoms with Crippen LogP contribution in [0.1, 0.15) is 11.5 Å². The molecule has 3 aromatic heterocycles. The number of carbonyl (C=O) groups excluding carboxylic acids is 1. The molecule has 0 aliphatic carbocycles. The number of nitrogens with zero attached hydrogens (tertiary/aromatic N) is 8. The second-order valence-corrected chi connectivity index (χ2v) is 10.2.